The number of nitrogens with zero attached hydrogens (tertiary/aromatic N) is 2. The zero-order valence-electron chi connectivity index (χ0n) is 26.1. The molecular weight excluding hydrogens is 596 g/mol. The number of thiazole rings is 1. The lowest BCUT2D eigenvalue weighted by Gasteiger charge is -2.26. The second kappa shape index (κ2) is 13.0. The molecule has 4 aromatic rings. The maximum absolute atomic E-state index is 14.0. The summed E-state index contributed by atoms with van der Waals surface area (Å²) in [5, 5.41) is 0. The molecule has 0 saturated carbocycles. The van der Waals surface area contributed by atoms with Gasteiger partial charge in [0.25, 0.3) is 5.56 Å². The number of aryl methyl sites for hydroxylation is 1. The predicted molar refractivity (Wildman–Crippen MR) is 169 cm³/mol. The molecule has 0 bridgehead atoms. The molecule has 45 heavy (non-hydrogen) atoms. The van der Waals surface area contributed by atoms with Gasteiger partial charge in [0, 0.05) is 23.3 Å². The lowest BCUT2D eigenvalue weighted by atomic mass is 9.95. The fourth-order valence-corrected chi connectivity index (χ4v) is 6.21. The summed E-state index contributed by atoms with van der Waals surface area (Å²) < 4.78 is 29.7. The van der Waals surface area contributed by atoms with Gasteiger partial charge in [-0.1, -0.05) is 17.4 Å². The Labute approximate surface area is 263 Å². The average molecular weight is 631 g/mol. The van der Waals surface area contributed by atoms with Crippen molar-refractivity contribution in [2.75, 3.05) is 20.8 Å². The highest BCUT2D eigenvalue weighted by Crippen LogP contribution is 2.37. The zero-order chi connectivity index (χ0) is 32.4. The van der Waals surface area contributed by atoms with E-state index in [4.69, 9.17) is 23.4 Å². The maximum Gasteiger partial charge on any atom is 0.338 e. The van der Waals surface area contributed by atoms with Gasteiger partial charge < -0.3 is 23.4 Å². The number of hydrogen-bond acceptors (Lipinski definition) is 10. The smallest absolute Gasteiger partial charge is 0.338 e. The third-order valence-corrected chi connectivity index (χ3v) is 8.21. The Hall–Kier alpha value is -4.90. The van der Waals surface area contributed by atoms with Crippen molar-refractivity contribution < 1.29 is 33.0 Å². The van der Waals surface area contributed by atoms with Crippen LogP contribution in [0.4, 0.5) is 0 Å². The zero-order valence-corrected chi connectivity index (χ0v) is 26.9. The molecule has 0 N–H and O–H groups in total. The highest BCUT2D eigenvalue weighted by molar-refractivity contribution is 7.07. The maximum atomic E-state index is 14.0. The highest BCUT2D eigenvalue weighted by atomic mass is 32.1. The fourth-order valence-electron chi connectivity index (χ4n) is 5.18. The molecule has 10 nitrogen and oxygen atoms in total. The molecule has 2 aromatic carbocycles. The van der Waals surface area contributed by atoms with E-state index in [1.165, 1.54) is 23.0 Å². The van der Waals surface area contributed by atoms with Crippen LogP contribution < -0.4 is 24.4 Å². The molecular formula is C34H34N2O8S. The summed E-state index contributed by atoms with van der Waals surface area (Å²) in [7, 11) is 3.07. The molecule has 11 heteroatoms. The first kappa shape index (κ1) is 31.5. The van der Waals surface area contributed by atoms with Gasteiger partial charge in [0.1, 0.15) is 29.1 Å². The van der Waals surface area contributed by atoms with Gasteiger partial charge in [-0.25, -0.2) is 14.6 Å². The van der Waals surface area contributed by atoms with Gasteiger partial charge in [0.2, 0.25) is 0 Å². The number of carbonyl (C=O) groups excluding carboxylic acids is 2. The van der Waals surface area contributed by atoms with Crippen LogP contribution in [0.2, 0.25) is 0 Å². The van der Waals surface area contributed by atoms with Crippen molar-refractivity contribution in [3.63, 3.8) is 0 Å². The van der Waals surface area contributed by atoms with E-state index in [2.05, 4.69) is 4.99 Å². The number of benzene rings is 2. The second-order valence-electron chi connectivity index (χ2n) is 10.6. The van der Waals surface area contributed by atoms with Gasteiger partial charge in [-0.05, 0) is 76.6 Å². The molecule has 1 aliphatic heterocycles. The topological polar surface area (TPSA) is 119 Å². The van der Waals surface area contributed by atoms with Crippen molar-refractivity contribution in [2.24, 2.45) is 4.99 Å². The minimum atomic E-state index is -0.848. The van der Waals surface area contributed by atoms with E-state index in [-0.39, 0.29) is 29.8 Å². The Kier molecular flexibility index (Phi) is 9.10. The molecule has 3 heterocycles. The molecule has 0 fully saturated rings. The predicted octanol–water partition coefficient (Wildman–Crippen LogP) is 4.95. The fraction of sp³-hybridized carbons (Fsp3) is 0.294. The summed E-state index contributed by atoms with van der Waals surface area (Å²) in [6.45, 7) is 9.10. The largest absolute Gasteiger partial charge is 0.497 e. The molecule has 1 aliphatic rings. The number of hydrogen-bond donors (Lipinski definition) is 0. The molecule has 2 aromatic heterocycles. The standard InChI is InChI=1S/C34H34N2O8S/c1-8-42-33(39)29-20(5)35-34-36(30(29)25-13-10-22(40-6)16-27(25)41-7)31(37)28(45-34)17-23-11-14-26(44-23)24-12-9-21(15-19(24)4)32(38)43-18(2)3/h9-18,30H,8H2,1-7H3/b28-17+/t30-/m0/s1. The van der Waals surface area contributed by atoms with Crippen LogP contribution in [0.15, 0.2) is 74.0 Å². The third-order valence-electron chi connectivity index (χ3n) is 7.22. The van der Waals surface area contributed by atoms with E-state index >= 15 is 0 Å². The molecule has 5 rings (SSSR count). The number of fused-ring (bicyclic) bond motifs is 1. The van der Waals surface area contributed by atoms with E-state index in [0.29, 0.717) is 49.2 Å². The SMILES string of the molecule is CCOC(=O)C1=C(C)N=c2s/c(=C/c3ccc(-c4ccc(C(=O)OC(C)C)cc4C)o3)c(=O)n2[C@H]1c1ccc(OC)cc1OC. The molecule has 0 saturated heterocycles. The summed E-state index contributed by atoms with van der Waals surface area (Å²) >= 11 is 1.19. The van der Waals surface area contributed by atoms with Crippen LogP contribution in [0.25, 0.3) is 17.4 Å². The first-order chi connectivity index (χ1) is 21.6. The Morgan fingerprint density at radius 3 is 2.49 bits per heavy atom. The number of carbonyl (C=O) groups is 2. The Balaban J connectivity index is 1.58. The van der Waals surface area contributed by atoms with E-state index < -0.39 is 12.0 Å². The van der Waals surface area contributed by atoms with Gasteiger partial charge in [0.15, 0.2) is 4.80 Å². The average Bonchev–Trinajstić information content (AvgIpc) is 3.59. The lowest BCUT2D eigenvalue weighted by Crippen LogP contribution is -2.40. The minimum Gasteiger partial charge on any atom is -0.497 e. The first-order valence-corrected chi connectivity index (χ1v) is 15.2. The van der Waals surface area contributed by atoms with Gasteiger partial charge in [-0.2, -0.15) is 0 Å². The monoisotopic (exact) mass is 630 g/mol. The van der Waals surface area contributed by atoms with Crippen LogP contribution in [-0.4, -0.2) is 43.4 Å². The molecule has 0 spiro atoms. The van der Waals surface area contributed by atoms with E-state index in [0.717, 1.165) is 11.1 Å². The lowest BCUT2D eigenvalue weighted by molar-refractivity contribution is -0.139. The number of furan rings is 1. The number of ether oxygens (including phenoxy) is 4. The normalized spacial score (nSPS) is 14.7. The summed E-state index contributed by atoms with van der Waals surface area (Å²) in [5.41, 5.74) is 3.02. The van der Waals surface area contributed by atoms with Gasteiger partial charge in [-0.3, -0.25) is 9.36 Å². The summed E-state index contributed by atoms with van der Waals surface area (Å²) in [5.74, 6) is 1.09. The van der Waals surface area contributed by atoms with Gasteiger partial charge in [-0.15, -0.1) is 0 Å². The Morgan fingerprint density at radius 1 is 1.04 bits per heavy atom. The minimum absolute atomic E-state index is 0.164. The van der Waals surface area contributed by atoms with Crippen molar-refractivity contribution in [1.82, 2.24) is 4.57 Å². The molecule has 1 atom stereocenters. The van der Waals surface area contributed by atoms with Crippen LogP contribution in [-0.2, 0) is 14.3 Å². The van der Waals surface area contributed by atoms with Crippen LogP contribution >= 0.6 is 11.3 Å². The van der Waals surface area contributed by atoms with Crippen LogP contribution in [0.3, 0.4) is 0 Å². The van der Waals surface area contributed by atoms with Crippen LogP contribution in [0.1, 0.15) is 61.0 Å². The molecule has 0 unspecified atom stereocenters. The van der Waals surface area contributed by atoms with Crippen molar-refractivity contribution in [3.8, 4) is 22.8 Å². The molecule has 0 amide bonds. The number of aromatic nitrogens is 1. The highest BCUT2D eigenvalue weighted by Gasteiger charge is 2.35. The van der Waals surface area contributed by atoms with Crippen molar-refractivity contribution in [3.05, 3.63) is 102 Å². The van der Waals surface area contributed by atoms with Gasteiger partial charge in [0.05, 0.1) is 48.3 Å². The second-order valence-corrected chi connectivity index (χ2v) is 11.6. The third kappa shape index (κ3) is 6.21. The van der Waals surface area contributed by atoms with Crippen LogP contribution in [0, 0.1) is 6.92 Å². The van der Waals surface area contributed by atoms with Crippen molar-refractivity contribution >= 4 is 29.4 Å². The first-order valence-electron chi connectivity index (χ1n) is 14.4. The summed E-state index contributed by atoms with van der Waals surface area (Å²) in [6, 6.07) is 13.2. The van der Waals surface area contributed by atoms with Crippen LogP contribution in [0.5, 0.6) is 11.5 Å². The number of allylic oxidation sites excluding steroid dienone is 1. The summed E-state index contributed by atoms with van der Waals surface area (Å²) in [4.78, 5) is 44.6. The summed E-state index contributed by atoms with van der Waals surface area (Å²) in [6.07, 6.45) is 1.44. The van der Waals surface area contributed by atoms with E-state index in [1.54, 1.807) is 77.3 Å². The number of methoxy groups -OCH3 is 2. The van der Waals surface area contributed by atoms with Gasteiger partial charge >= 0.3 is 11.9 Å². The molecule has 0 aliphatic carbocycles. The molecule has 234 valence electrons. The van der Waals surface area contributed by atoms with Crippen molar-refractivity contribution in [2.45, 2.75) is 46.8 Å². The Morgan fingerprint density at radius 2 is 1.82 bits per heavy atom. The Bertz CT molecular complexity index is 2000. The van der Waals surface area contributed by atoms with E-state index in [9.17, 15) is 14.4 Å². The quantitative estimate of drug-likeness (QED) is 0.239. The number of esters is 2. The van der Waals surface area contributed by atoms with E-state index in [1.807, 2.05) is 19.1 Å². The molecule has 0 radical (unpaired) electrons. The number of rotatable bonds is 9. The van der Waals surface area contributed by atoms with Crippen molar-refractivity contribution in [1.29, 1.82) is 0 Å².